The van der Waals surface area contributed by atoms with E-state index in [2.05, 4.69) is 15.1 Å². The van der Waals surface area contributed by atoms with Crippen LogP contribution >= 0.6 is 11.6 Å². The van der Waals surface area contributed by atoms with Gasteiger partial charge in [-0.3, -0.25) is 14.5 Å². The number of aryl methyl sites for hydroxylation is 1. The molecular formula is C23H22ClN5O3. The highest BCUT2D eigenvalue weighted by atomic mass is 35.5. The van der Waals surface area contributed by atoms with Crippen molar-refractivity contribution < 1.29 is 14.3 Å². The zero-order chi connectivity index (χ0) is 22.7. The van der Waals surface area contributed by atoms with E-state index in [4.69, 9.17) is 21.1 Å². The number of hydrogen-bond acceptors (Lipinski definition) is 6. The normalized spacial score (nSPS) is 10.9. The molecule has 0 radical (unpaired) electrons. The van der Waals surface area contributed by atoms with Crippen LogP contribution in [0.1, 0.15) is 5.69 Å². The van der Waals surface area contributed by atoms with Gasteiger partial charge in [0.2, 0.25) is 0 Å². The molecule has 0 N–H and O–H groups in total. The highest BCUT2D eigenvalue weighted by Gasteiger charge is 2.13. The summed E-state index contributed by atoms with van der Waals surface area (Å²) in [6, 6.07) is 12.7. The van der Waals surface area contributed by atoms with Crippen molar-refractivity contribution in [3.05, 3.63) is 65.7 Å². The van der Waals surface area contributed by atoms with E-state index in [1.807, 2.05) is 37.5 Å². The Morgan fingerprint density at radius 2 is 1.88 bits per heavy atom. The summed E-state index contributed by atoms with van der Waals surface area (Å²) >= 11 is 6.03. The van der Waals surface area contributed by atoms with E-state index in [9.17, 15) is 4.79 Å². The fourth-order valence-corrected chi connectivity index (χ4v) is 3.24. The first-order valence-corrected chi connectivity index (χ1v) is 10.3. The number of amides is 1. The van der Waals surface area contributed by atoms with Crippen LogP contribution in [0.3, 0.4) is 0 Å². The van der Waals surface area contributed by atoms with Gasteiger partial charge < -0.3 is 14.4 Å². The van der Waals surface area contributed by atoms with E-state index >= 15 is 0 Å². The van der Waals surface area contributed by atoms with Crippen LogP contribution < -0.4 is 9.47 Å². The van der Waals surface area contributed by atoms with Crippen molar-refractivity contribution >= 4 is 28.5 Å². The zero-order valence-corrected chi connectivity index (χ0v) is 18.7. The molecule has 0 aliphatic rings. The predicted molar refractivity (Wildman–Crippen MR) is 122 cm³/mol. The van der Waals surface area contributed by atoms with Crippen LogP contribution in [0.15, 0.2) is 54.9 Å². The Bertz CT molecular complexity index is 1270. The molecule has 0 atom stereocenters. The molecule has 3 aromatic heterocycles. The summed E-state index contributed by atoms with van der Waals surface area (Å²) in [5, 5.41) is 4.95. The molecule has 0 fully saturated rings. The number of pyridine rings is 2. The van der Waals surface area contributed by atoms with Crippen LogP contribution in [0.25, 0.3) is 22.2 Å². The average molecular weight is 452 g/mol. The lowest BCUT2D eigenvalue weighted by Gasteiger charge is -2.12. The summed E-state index contributed by atoms with van der Waals surface area (Å²) in [7, 11) is 5.23. The second kappa shape index (κ2) is 9.23. The maximum atomic E-state index is 11.7. The molecule has 0 spiro atoms. The van der Waals surface area contributed by atoms with Crippen molar-refractivity contribution in [2.45, 2.75) is 6.61 Å². The number of fused-ring (bicyclic) bond motifs is 1. The van der Waals surface area contributed by atoms with Gasteiger partial charge in [0.25, 0.3) is 5.91 Å². The lowest BCUT2D eigenvalue weighted by Crippen LogP contribution is -2.27. The van der Waals surface area contributed by atoms with Gasteiger partial charge in [-0.2, -0.15) is 5.10 Å². The number of benzene rings is 1. The van der Waals surface area contributed by atoms with Crippen LogP contribution in [0.5, 0.6) is 11.5 Å². The number of nitrogens with zero attached hydrogens (tertiary/aromatic N) is 5. The zero-order valence-electron chi connectivity index (χ0n) is 17.9. The quantitative estimate of drug-likeness (QED) is 0.398. The Kier molecular flexibility index (Phi) is 6.23. The molecule has 0 aliphatic heterocycles. The second-order valence-electron chi connectivity index (χ2n) is 7.40. The number of carbonyl (C=O) groups excluding carboxylic acids is 1. The van der Waals surface area contributed by atoms with E-state index in [0.29, 0.717) is 22.2 Å². The third-order valence-electron chi connectivity index (χ3n) is 4.76. The number of ether oxygens (including phenoxy) is 2. The number of hydrogen-bond donors (Lipinski definition) is 0. The molecule has 4 aromatic rings. The van der Waals surface area contributed by atoms with Crippen molar-refractivity contribution in [1.82, 2.24) is 24.6 Å². The van der Waals surface area contributed by atoms with Gasteiger partial charge in [-0.1, -0.05) is 17.7 Å². The van der Waals surface area contributed by atoms with Crippen LogP contribution in [-0.2, 0) is 18.4 Å². The first kappa shape index (κ1) is 21.6. The molecule has 0 unspecified atom stereocenters. The molecule has 1 amide bonds. The maximum Gasteiger partial charge on any atom is 0.259 e. The van der Waals surface area contributed by atoms with Crippen LogP contribution in [-0.4, -0.2) is 51.3 Å². The van der Waals surface area contributed by atoms with Gasteiger partial charge in [0.1, 0.15) is 29.0 Å². The van der Waals surface area contributed by atoms with E-state index in [-0.39, 0.29) is 19.1 Å². The Balaban J connectivity index is 1.51. The lowest BCUT2D eigenvalue weighted by atomic mass is 10.1. The van der Waals surface area contributed by atoms with E-state index in [1.54, 1.807) is 43.2 Å². The van der Waals surface area contributed by atoms with E-state index < -0.39 is 0 Å². The minimum atomic E-state index is -0.116. The largest absolute Gasteiger partial charge is 0.487 e. The molecule has 9 heteroatoms. The molecule has 32 heavy (non-hydrogen) atoms. The second-order valence-corrected chi connectivity index (χ2v) is 7.79. The van der Waals surface area contributed by atoms with Gasteiger partial charge in [0.15, 0.2) is 6.61 Å². The fourth-order valence-electron chi connectivity index (χ4n) is 3.09. The third-order valence-corrected chi connectivity index (χ3v) is 4.97. The molecule has 0 saturated heterocycles. The van der Waals surface area contributed by atoms with Crippen LogP contribution in [0, 0.1) is 0 Å². The van der Waals surface area contributed by atoms with Crippen LogP contribution in [0.2, 0.25) is 5.15 Å². The van der Waals surface area contributed by atoms with Gasteiger partial charge in [-0.15, -0.1) is 0 Å². The van der Waals surface area contributed by atoms with Crippen molar-refractivity contribution in [2.75, 3.05) is 20.7 Å². The summed E-state index contributed by atoms with van der Waals surface area (Å²) in [5.41, 5.74) is 4.00. The standard InChI is InChI=1S/C23H22ClN5O3/c1-28(2)23(30)14-32-17-6-4-5-16(10-17)31-13-21-18(12-29(3)27-21)15-9-20-19(25-11-15)7-8-22(24)26-20/h4-12H,13-14H2,1-3H3. The lowest BCUT2D eigenvalue weighted by molar-refractivity contribution is -0.130. The molecule has 0 saturated carbocycles. The smallest absolute Gasteiger partial charge is 0.259 e. The number of likely N-dealkylation sites (N-methyl/N-ethyl adjacent to an activating group) is 1. The van der Waals surface area contributed by atoms with E-state index in [1.165, 1.54) is 4.90 Å². The summed E-state index contributed by atoms with van der Waals surface area (Å²) in [6.45, 7) is 0.213. The van der Waals surface area contributed by atoms with Gasteiger partial charge in [-0.25, -0.2) is 4.98 Å². The van der Waals surface area contributed by atoms with Gasteiger partial charge >= 0.3 is 0 Å². The minimum absolute atomic E-state index is 0.0339. The molecule has 3 heterocycles. The highest BCUT2D eigenvalue weighted by molar-refractivity contribution is 6.29. The van der Waals surface area contributed by atoms with Gasteiger partial charge in [0.05, 0.1) is 11.0 Å². The Hall–Kier alpha value is -3.65. The highest BCUT2D eigenvalue weighted by Crippen LogP contribution is 2.27. The summed E-state index contributed by atoms with van der Waals surface area (Å²) in [5.74, 6) is 1.05. The Labute approximate surface area is 190 Å². The molecule has 4 rings (SSSR count). The number of carbonyl (C=O) groups is 1. The predicted octanol–water partition coefficient (Wildman–Crippen LogP) is 3.73. The minimum Gasteiger partial charge on any atom is -0.487 e. The Morgan fingerprint density at radius 3 is 2.66 bits per heavy atom. The number of aromatic nitrogens is 4. The third kappa shape index (κ3) is 4.97. The van der Waals surface area contributed by atoms with Gasteiger partial charge in [-0.05, 0) is 30.3 Å². The summed E-state index contributed by atoms with van der Waals surface area (Å²) < 4.78 is 13.2. The Morgan fingerprint density at radius 1 is 1.09 bits per heavy atom. The van der Waals surface area contributed by atoms with Crippen LogP contribution in [0.4, 0.5) is 0 Å². The van der Waals surface area contributed by atoms with Gasteiger partial charge in [0, 0.05) is 50.7 Å². The van der Waals surface area contributed by atoms with Crippen molar-refractivity contribution in [2.24, 2.45) is 7.05 Å². The van der Waals surface area contributed by atoms with Crippen molar-refractivity contribution in [3.8, 4) is 22.6 Å². The first-order valence-electron chi connectivity index (χ1n) is 9.90. The summed E-state index contributed by atoms with van der Waals surface area (Å²) in [6.07, 6.45) is 3.70. The van der Waals surface area contributed by atoms with E-state index in [0.717, 1.165) is 22.3 Å². The average Bonchev–Trinajstić information content (AvgIpc) is 3.16. The molecule has 8 nitrogen and oxygen atoms in total. The number of rotatable bonds is 7. The molecular weight excluding hydrogens is 430 g/mol. The first-order chi connectivity index (χ1) is 15.4. The number of halogens is 1. The molecule has 0 bridgehead atoms. The SMILES string of the molecule is CN(C)C(=O)COc1cccc(OCc2nn(C)cc2-c2cnc3ccc(Cl)nc3c2)c1. The van der Waals surface area contributed by atoms with Crippen molar-refractivity contribution in [1.29, 1.82) is 0 Å². The molecule has 1 aromatic carbocycles. The molecule has 164 valence electrons. The summed E-state index contributed by atoms with van der Waals surface area (Å²) in [4.78, 5) is 22.0. The fraction of sp³-hybridized carbons (Fsp3) is 0.217. The topological polar surface area (TPSA) is 82.4 Å². The van der Waals surface area contributed by atoms with Crippen molar-refractivity contribution in [3.63, 3.8) is 0 Å². The maximum absolute atomic E-state index is 11.7. The monoisotopic (exact) mass is 451 g/mol. The molecule has 0 aliphatic carbocycles.